The van der Waals surface area contributed by atoms with Crippen molar-refractivity contribution < 1.29 is 4.74 Å². The fourth-order valence-corrected chi connectivity index (χ4v) is 3.69. The smallest absolute Gasteiger partial charge is 0.122 e. The largest absolute Gasteiger partial charge is 0.493 e. The van der Waals surface area contributed by atoms with Crippen molar-refractivity contribution in [3.8, 4) is 5.75 Å². The summed E-state index contributed by atoms with van der Waals surface area (Å²) in [6.07, 6.45) is 1.11. The van der Waals surface area contributed by atoms with Gasteiger partial charge in [0.2, 0.25) is 0 Å². The van der Waals surface area contributed by atoms with Crippen LogP contribution in [0.1, 0.15) is 29.4 Å². The van der Waals surface area contributed by atoms with Crippen molar-refractivity contribution in [3.05, 3.63) is 64.1 Å². The number of ether oxygens (including phenoxy) is 1. The summed E-state index contributed by atoms with van der Waals surface area (Å²) in [6, 6.07) is 17.0. The first kappa shape index (κ1) is 14.2. The highest BCUT2D eigenvalue weighted by Gasteiger charge is 2.26. The average molecular weight is 396 g/mol. The van der Waals surface area contributed by atoms with Crippen LogP contribution in [0.4, 0.5) is 0 Å². The van der Waals surface area contributed by atoms with Gasteiger partial charge in [-0.05, 0) is 36.1 Å². The van der Waals surface area contributed by atoms with Crippen LogP contribution in [0.5, 0.6) is 5.75 Å². The molecule has 104 valence electrons. The Kier molecular flexibility index (Phi) is 4.47. The third-order valence-corrected chi connectivity index (χ3v) is 5.21. The van der Waals surface area contributed by atoms with Crippen LogP contribution >= 0.6 is 31.9 Å². The Morgan fingerprint density at radius 2 is 1.85 bits per heavy atom. The van der Waals surface area contributed by atoms with Crippen LogP contribution < -0.4 is 4.74 Å². The molecule has 1 nitrogen and oxygen atoms in total. The molecule has 0 aromatic heterocycles. The van der Waals surface area contributed by atoms with Crippen molar-refractivity contribution in [3.63, 3.8) is 0 Å². The summed E-state index contributed by atoms with van der Waals surface area (Å²) in [5.41, 5.74) is 2.74. The van der Waals surface area contributed by atoms with Gasteiger partial charge >= 0.3 is 0 Å². The molecule has 0 bridgehead atoms. The standard InChI is InChI=1S/C17H16Br2O/c18-10-13(12-5-7-15(19)8-6-12)9-14-11-20-17-4-2-1-3-16(14)17/h1-8,13-14H,9-11H2. The Morgan fingerprint density at radius 1 is 1.10 bits per heavy atom. The molecule has 2 aromatic rings. The normalized spacial score (nSPS) is 18.4. The highest BCUT2D eigenvalue weighted by Crippen LogP contribution is 2.40. The fourth-order valence-electron chi connectivity index (χ4n) is 2.79. The SMILES string of the molecule is BrCC(CC1COc2ccccc21)c1ccc(Br)cc1. The average Bonchev–Trinajstić information content (AvgIpc) is 2.89. The minimum atomic E-state index is 0.498. The molecule has 2 unspecified atom stereocenters. The molecule has 0 spiro atoms. The van der Waals surface area contributed by atoms with Gasteiger partial charge < -0.3 is 4.74 Å². The Morgan fingerprint density at radius 3 is 2.60 bits per heavy atom. The van der Waals surface area contributed by atoms with Gasteiger partial charge in [0.05, 0.1) is 6.61 Å². The topological polar surface area (TPSA) is 9.23 Å². The molecule has 3 rings (SSSR count). The van der Waals surface area contributed by atoms with Crippen molar-refractivity contribution in [1.82, 2.24) is 0 Å². The summed E-state index contributed by atoms with van der Waals surface area (Å²) >= 11 is 7.16. The lowest BCUT2D eigenvalue weighted by Gasteiger charge is -2.18. The van der Waals surface area contributed by atoms with E-state index in [1.165, 1.54) is 11.1 Å². The zero-order valence-electron chi connectivity index (χ0n) is 11.1. The maximum atomic E-state index is 5.79. The molecule has 0 radical (unpaired) electrons. The minimum absolute atomic E-state index is 0.498. The zero-order valence-corrected chi connectivity index (χ0v) is 14.2. The van der Waals surface area contributed by atoms with Crippen LogP contribution in [0.25, 0.3) is 0 Å². The highest BCUT2D eigenvalue weighted by atomic mass is 79.9. The first-order valence-corrected chi connectivity index (χ1v) is 8.72. The summed E-state index contributed by atoms with van der Waals surface area (Å²) in [4.78, 5) is 0. The molecular formula is C17H16Br2O. The molecule has 0 amide bonds. The van der Waals surface area contributed by atoms with Crippen LogP contribution in [0, 0.1) is 0 Å². The molecule has 3 heteroatoms. The lowest BCUT2D eigenvalue weighted by atomic mass is 9.87. The van der Waals surface area contributed by atoms with E-state index in [0.717, 1.165) is 28.6 Å². The maximum Gasteiger partial charge on any atom is 0.122 e. The van der Waals surface area contributed by atoms with Crippen molar-refractivity contribution in [1.29, 1.82) is 0 Å². The molecular weight excluding hydrogens is 380 g/mol. The van der Waals surface area contributed by atoms with E-state index >= 15 is 0 Å². The molecule has 0 fully saturated rings. The van der Waals surface area contributed by atoms with E-state index in [1.54, 1.807) is 0 Å². The second kappa shape index (κ2) is 6.31. The number of alkyl halides is 1. The number of rotatable bonds is 4. The fraction of sp³-hybridized carbons (Fsp3) is 0.294. The van der Waals surface area contributed by atoms with Gasteiger partial charge in [-0.2, -0.15) is 0 Å². The number of halogens is 2. The Labute approximate surface area is 136 Å². The summed E-state index contributed by atoms with van der Waals surface area (Å²) in [6.45, 7) is 0.805. The van der Waals surface area contributed by atoms with Crippen LogP contribution in [-0.2, 0) is 0 Å². The molecule has 0 saturated heterocycles. The predicted octanol–water partition coefficient (Wildman–Crippen LogP) is 5.49. The maximum absolute atomic E-state index is 5.79. The van der Waals surface area contributed by atoms with Crippen molar-refractivity contribution in [2.45, 2.75) is 18.3 Å². The lowest BCUT2D eigenvalue weighted by Crippen LogP contribution is -2.09. The summed E-state index contributed by atoms with van der Waals surface area (Å²) < 4.78 is 6.92. The monoisotopic (exact) mass is 394 g/mol. The second-order valence-electron chi connectivity index (χ2n) is 5.18. The number of fused-ring (bicyclic) bond motifs is 1. The third-order valence-electron chi connectivity index (χ3n) is 3.90. The van der Waals surface area contributed by atoms with Crippen LogP contribution in [0.2, 0.25) is 0 Å². The summed E-state index contributed by atoms with van der Waals surface area (Å²) in [7, 11) is 0. The van der Waals surface area contributed by atoms with E-state index < -0.39 is 0 Å². The number of benzene rings is 2. The molecule has 0 N–H and O–H groups in total. The minimum Gasteiger partial charge on any atom is -0.493 e. The van der Waals surface area contributed by atoms with Crippen molar-refractivity contribution in [2.75, 3.05) is 11.9 Å². The number of hydrogen-bond donors (Lipinski definition) is 0. The third kappa shape index (κ3) is 2.94. The van der Waals surface area contributed by atoms with E-state index in [4.69, 9.17) is 4.74 Å². The van der Waals surface area contributed by atoms with Crippen molar-refractivity contribution in [2.24, 2.45) is 0 Å². The predicted molar refractivity (Wildman–Crippen MR) is 90.0 cm³/mol. The lowest BCUT2D eigenvalue weighted by molar-refractivity contribution is 0.320. The molecule has 2 aromatic carbocycles. The van der Waals surface area contributed by atoms with Crippen LogP contribution in [0.3, 0.4) is 0 Å². The van der Waals surface area contributed by atoms with Gasteiger partial charge in [0, 0.05) is 21.3 Å². The van der Waals surface area contributed by atoms with E-state index in [2.05, 4.69) is 74.3 Å². The zero-order chi connectivity index (χ0) is 13.9. The number of para-hydroxylation sites is 1. The molecule has 20 heavy (non-hydrogen) atoms. The van der Waals surface area contributed by atoms with Crippen LogP contribution in [0.15, 0.2) is 53.0 Å². The molecule has 1 heterocycles. The highest BCUT2D eigenvalue weighted by molar-refractivity contribution is 9.10. The Balaban J connectivity index is 1.78. The van der Waals surface area contributed by atoms with Gasteiger partial charge in [0.1, 0.15) is 5.75 Å². The van der Waals surface area contributed by atoms with E-state index in [0.29, 0.717) is 11.8 Å². The molecule has 0 saturated carbocycles. The second-order valence-corrected chi connectivity index (χ2v) is 6.75. The number of hydrogen-bond acceptors (Lipinski definition) is 1. The molecule has 1 aliphatic heterocycles. The first-order valence-electron chi connectivity index (χ1n) is 6.81. The quantitative estimate of drug-likeness (QED) is 0.621. The summed E-state index contributed by atoms with van der Waals surface area (Å²) in [5.74, 6) is 2.07. The van der Waals surface area contributed by atoms with Crippen LogP contribution in [-0.4, -0.2) is 11.9 Å². The van der Waals surface area contributed by atoms with Gasteiger partial charge in [-0.25, -0.2) is 0 Å². The van der Waals surface area contributed by atoms with Gasteiger partial charge in [-0.15, -0.1) is 0 Å². The first-order chi connectivity index (χ1) is 9.78. The Hall–Kier alpha value is -0.800. The Bertz CT molecular complexity index is 580. The van der Waals surface area contributed by atoms with E-state index in [-0.39, 0.29) is 0 Å². The van der Waals surface area contributed by atoms with Crippen molar-refractivity contribution >= 4 is 31.9 Å². The molecule has 1 aliphatic rings. The molecule has 0 aliphatic carbocycles. The van der Waals surface area contributed by atoms with Gasteiger partial charge in [-0.1, -0.05) is 62.2 Å². The van der Waals surface area contributed by atoms with Gasteiger partial charge in [-0.3, -0.25) is 0 Å². The van der Waals surface area contributed by atoms with Gasteiger partial charge in [0.25, 0.3) is 0 Å². The van der Waals surface area contributed by atoms with E-state index in [9.17, 15) is 0 Å². The summed E-state index contributed by atoms with van der Waals surface area (Å²) in [5, 5.41) is 0.979. The van der Waals surface area contributed by atoms with E-state index in [1.807, 2.05) is 6.07 Å². The van der Waals surface area contributed by atoms with Gasteiger partial charge in [0.15, 0.2) is 0 Å². The molecule has 2 atom stereocenters.